The molecular weight excluding hydrogens is 363 g/mol. The highest BCUT2D eigenvalue weighted by Gasteiger charge is 2.25. The lowest BCUT2D eigenvalue weighted by Gasteiger charge is -2.01. The zero-order valence-electron chi connectivity index (χ0n) is 12.9. The van der Waals surface area contributed by atoms with Gasteiger partial charge in [-0.2, -0.15) is 4.99 Å². The van der Waals surface area contributed by atoms with Crippen molar-refractivity contribution in [2.75, 3.05) is 0 Å². The fourth-order valence-electron chi connectivity index (χ4n) is 2.60. The van der Waals surface area contributed by atoms with E-state index in [9.17, 15) is 14.3 Å². The van der Waals surface area contributed by atoms with Crippen molar-refractivity contribution in [2.24, 2.45) is 9.98 Å². The largest absolute Gasteiger partial charge is 0.493 e. The summed E-state index contributed by atoms with van der Waals surface area (Å²) in [5, 5.41) is 13.7. The number of amides is 1. The molecule has 1 N–H and O–H groups in total. The quantitative estimate of drug-likeness (QED) is 0.754. The molecule has 1 aliphatic rings. The Balaban J connectivity index is 2.02. The van der Waals surface area contributed by atoms with Gasteiger partial charge in [0.2, 0.25) is 11.0 Å². The van der Waals surface area contributed by atoms with Crippen LogP contribution in [0.15, 0.2) is 39.8 Å². The number of fused-ring (bicyclic) bond motifs is 1. The van der Waals surface area contributed by atoms with E-state index in [1.165, 1.54) is 29.5 Å². The van der Waals surface area contributed by atoms with Crippen molar-refractivity contribution in [1.29, 1.82) is 0 Å². The van der Waals surface area contributed by atoms with Crippen LogP contribution in [0.1, 0.15) is 11.8 Å². The van der Waals surface area contributed by atoms with Crippen LogP contribution in [-0.2, 0) is 11.3 Å². The molecule has 9 heteroatoms. The number of hydrogen-bond acceptors (Lipinski definition) is 6. The molecule has 3 heterocycles. The van der Waals surface area contributed by atoms with Crippen LogP contribution in [-0.4, -0.2) is 20.6 Å². The molecule has 0 saturated carbocycles. The molecular formula is C16H11FN4O2S2. The maximum atomic E-state index is 13.6. The maximum absolute atomic E-state index is 13.6. The molecule has 0 spiro atoms. The number of aromatic nitrogens is 2. The summed E-state index contributed by atoms with van der Waals surface area (Å²) < 4.78 is 15.2. The van der Waals surface area contributed by atoms with Crippen molar-refractivity contribution in [3.8, 4) is 5.88 Å². The number of thiazole rings is 2. The van der Waals surface area contributed by atoms with Crippen molar-refractivity contribution in [2.45, 2.75) is 13.5 Å². The lowest BCUT2D eigenvalue weighted by Crippen LogP contribution is -2.23. The molecule has 0 unspecified atom stereocenters. The Kier molecular flexibility index (Phi) is 3.81. The van der Waals surface area contributed by atoms with Crippen molar-refractivity contribution < 1.29 is 14.3 Å². The minimum Gasteiger partial charge on any atom is -0.493 e. The Morgan fingerprint density at radius 3 is 2.96 bits per heavy atom. The van der Waals surface area contributed by atoms with Crippen LogP contribution < -0.4 is 15.4 Å². The smallest absolute Gasteiger partial charge is 0.279 e. The number of benzene rings is 1. The second-order valence-electron chi connectivity index (χ2n) is 5.16. The SMILES string of the molecule is CCn1c(O)c(C2=c3cc(F)ccc3=NC2=O)s/c1=N/c1nccs1. The number of carbonyl (C=O) groups is 1. The lowest BCUT2D eigenvalue weighted by molar-refractivity contribution is -0.112. The van der Waals surface area contributed by atoms with Gasteiger partial charge in [0.15, 0.2) is 4.80 Å². The maximum Gasteiger partial charge on any atom is 0.279 e. The van der Waals surface area contributed by atoms with E-state index in [4.69, 9.17) is 0 Å². The van der Waals surface area contributed by atoms with Gasteiger partial charge in [0.25, 0.3) is 5.91 Å². The van der Waals surface area contributed by atoms with E-state index in [2.05, 4.69) is 15.0 Å². The van der Waals surface area contributed by atoms with Gasteiger partial charge in [-0.15, -0.1) is 11.3 Å². The summed E-state index contributed by atoms with van der Waals surface area (Å²) in [6.07, 6.45) is 1.64. The predicted molar refractivity (Wildman–Crippen MR) is 91.7 cm³/mol. The summed E-state index contributed by atoms with van der Waals surface area (Å²) in [4.78, 5) is 25.6. The molecule has 3 aromatic rings. The highest BCUT2D eigenvalue weighted by molar-refractivity contribution is 7.13. The second-order valence-corrected chi connectivity index (χ2v) is 7.01. The number of halogens is 1. The van der Waals surface area contributed by atoms with Crippen molar-refractivity contribution in [3.63, 3.8) is 0 Å². The van der Waals surface area contributed by atoms with E-state index >= 15 is 0 Å². The predicted octanol–water partition coefficient (Wildman–Crippen LogP) is 1.46. The number of hydrogen-bond donors (Lipinski definition) is 1. The Labute approximate surface area is 148 Å². The zero-order valence-corrected chi connectivity index (χ0v) is 14.6. The van der Waals surface area contributed by atoms with Gasteiger partial charge in [-0.3, -0.25) is 9.36 Å². The standard InChI is InChI=1S/C16H11FN4O2S2/c1-2-21-14(23)12(25-16(21)20-15-18-5-6-24-15)11-9-7-8(17)3-4-10(9)19-13(11)22/h3-7,23H,2H2,1H3/b20-16+. The Bertz CT molecular complexity index is 1180. The van der Waals surface area contributed by atoms with E-state index in [0.717, 1.165) is 11.3 Å². The summed E-state index contributed by atoms with van der Waals surface area (Å²) >= 11 is 2.52. The first-order valence-corrected chi connectivity index (χ1v) is 9.08. The molecule has 0 bridgehead atoms. The third-order valence-corrected chi connectivity index (χ3v) is 5.45. The normalized spacial score (nSPS) is 14.1. The van der Waals surface area contributed by atoms with Gasteiger partial charge in [0.05, 0.1) is 10.9 Å². The highest BCUT2D eigenvalue weighted by atomic mass is 32.1. The molecule has 25 heavy (non-hydrogen) atoms. The molecule has 1 aromatic carbocycles. The molecule has 4 rings (SSSR count). The average Bonchev–Trinajstić information content (AvgIpc) is 3.26. The third-order valence-electron chi connectivity index (χ3n) is 3.70. The summed E-state index contributed by atoms with van der Waals surface area (Å²) in [6.45, 7) is 2.32. The van der Waals surface area contributed by atoms with Crippen molar-refractivity contribution in [3.05, 3.63) is 55.8 Å². The van der Waals surface area contributed by atoms with Gasteiger partial charge in [-0.25, -0.2) is 14.4 Å². The molecule has 0 atom stereocenters. The molecule has 0 radical (unpaired) electrons. The molecule has 0 saturated heterocycles. The Morgan fingerprint density at radius 1 is 1.40 bits per heavy atom. The summed E-state index contributed by atoms with van der Waals surface area (Å²) in [5.74, 6) is -1.05. The van der Waals surface area contributed by atoms with Gasteiger partial charge in [-0.1, -0.05) is 11.3 Å². The molecule has 126 valence electrons. The number of rotatable bonds is 3. The first kappa shape index (κ1) is 15.9. The number of carbonyl (C=O) groups excluding carboxylic acids is 1. The van der Waals surface area contributed by atoms with Crippen LogP contribution in [0.25, 0.3) is 5.57 Å². The molecule has 6 nitrogen and oxygen atoms in total. The zero-order chi connectivity index (χ0) is 17.6. The fraction of sp³-hybridized carbons (Fsp3) is 0.125. The summed E-state index contributed by atoms with van der Waals surface area (Å²) in [7, 11) is 0. The molecule has 1 aliphatic heterocycles. The van der Waals surface area contributed by atoms with Crippen molar-refractivity contribution in [1.82, 2.24) is 9.55 Å². The summed E-state index contributed by atoms with van der Waals surface area (Å²) in [6, 6.07) is 3.96. The second kappa shape index (κ2) is 6.01. The number of nitrogens with zero attached hydrogens (tertiary/aromatic N) is 4. The minimum absolute atomic E-state index is 0.0848. The van der Waals surface area contributed by atoms with Gasteiger partial charge < -0.3 is 5.11 Å². The Morgan fingerprint density at radius 2 is 2.24 bits per heavy atom. The molecule has 2 aromatic heterocycles. The number of aromatic hydroxyl groups is 1. The summed E-state index contributed by atoms with van der Waals surface area (Å²) in [5.41, 5.74) is 0.194. The van der Waals surface area contributed by atoms with Gasteiger partial charge in [0, 0.05) is 23.3 Å². The van der Waals surface area contributed by atoms with Gasteiger partial charge >= 0.3 is 0 Å². The van der Waals surface area contributed by atoms with Crippen molar-refractivity contribution >= 4 is 39.3 Å². The van der Waals surface area contributed by atoms with Crippen LogP contribution in [0.2, 0.25) is 0 Å². The van der Waals surface area contributed by atoms with Gasteiger partial charge in [-0.05, 0) is 25.1 Å². The minimum atomic E-state index is -0.499. The molecule has 0 fully saturated rings. The fourth-order valence-corrected chi connectivity index (χ4v) is 4.30. The van der Waals surface area contributed by atoms with Crippen LogP contribution >= 0.6 is 22.7 Å². The lowest BCUT2D eigenvalue weighted by atomic mass is 10.1. The van der Waals surface area contributed by atoms with E-state index in [0.29, 0.717) is 31.9 Å². The van der Waals surface area contributed by atoms with E-state index in [-0.39, 0.29) is 11.5 Å². The molecule has 1 amide bonds. The first-order valence-electron chi connectivity index (χ1n) is 7.38. The molecule has 0 aliphatic carbocycles. The van der Waals surface area contributed by atoms with E-state index < -0.39 is 11.7 Å². The van der Waals surface area contributed by atoms with Crippen LogP contribution in [0.4, 0.5) is 9.52 Å². The van der Waals surface area contributed by atoms with Gasteiger partial charge in [0.1, 0.15) is 10.7 Å². The third kappa shape index (κ3) is 2.61. The Hall–Kier alpha value is -2.65. The average molecular weight is 374 g/mol. The van der Waals surface area contributed by atoms with Crippen LogP contribution in [0, 0.1) is 5.82 Å². The highest BCUT2D eigenvalue weighted by Crippen LogP contribution is 2.29. The van der Waals surface area contributed by atoms with E-state index in [1.807, 2.05) is 6.92 Å². The topological polar surface area (TPSA) is 79.8 Å². The van der Waals surface area contributed by atoms with Crippen LogP contribution in [0.5, 0.6) is 5.88 Å². The van der Waals surface area contributed by atoms with Crippen LogP contribution in [0.3, 0.4) is 0 Å². The first-order chi connectivity index (χ1) is 12.1. The monoisotopic (exact) mass is 374 g/mol. The van der Waals surface area contributed by atoms with E-state index in [1.54, 1.807) is 16.1 Å².